The van der Waals surface area contributed by atoms with Gasteiger partial charge in [0.05, 0.1) is 25.3 Å². The van der Waals surface area contributed by atoms with E-state index in [2.05, 4.69) is 47.9 Å². The number of nitrogens with zero attached hydrogens (tertiary/aromatic N) is 2. The normalized spacial score (nSPS) is 25.7. The van der Waals surface area contributed by atoms with Crippen LogP contribution in [0.3, 0.4) is 0 Å². The fourth-order valence-corrected chi connectivity index (χ4v) is 5.95. The van der Waals surface area contributed by atoms with Gasteiger partial charge in [0.2, 0.25) is 0 Å². The molecule has 0 saturated carbocycles. The van der Waals surface area contributed by atoms with Crippen LogP contribution in [-0.4, -0.2) is 57.0 Å². The summed E-state index contributed by atoms with van der Waals surface area (Å²) in [5.41, 5.74) is 5.31. The molecule has 0 spiro atoms. The van der Waals surface area contributed by atoms with Gasteiger partial charge in [0.25, 0.3) is 0 Å². The summed E-state index contributed by atoms with van der Waals surface area (Å²) in [6, 6.07) is 11.7. The molecule has 2 aromatic carbocycles. The molecular weight excluding hydrogens is 436 g/mol. The summed E-state index contributed by atoms with van der Waals surface area (Å²) in [6.07, 6.45) is 4.90. The van der Waals surface area contributed by atoms with Gasteiger partial charge in [0.1, 0.15) is 17.6 Å². The van der Waals surface area contributed by atoms with Gasteiger partial charge in [-0.15, -0.1) is 0 Å². The van der Waals surface area contributed by atoms with E-state index in [0.717, 1.165) is 44.2 Å². The third-order valence-corrected chi connectivity index (χ3v) is 8.08. The number of halogens is 1. The van der Waals surface area contributed by atoms with Crippen LogP contribution in [0.1, 0.15) is 48.4 Å². The molecule has 0 N–H and O–H groups in total. The third kappa shape index (κ3) is 4.55. The molecule has 3 heterocycles. The number of ether oxygens (including phenoxy) is 3. The molecule has 3 aliphatic rings. The van der Waals surface area contributed by atoms with Gasteiger partial charge in [-0.05, 0) is 68.0 Å². The van der Waals surface area contributed by atoms with Crippen LogP contribution < -0.4 is 14.4 Å². The van der Waals surface area contributed by atoms with Crippen LogP contribution in [0, 0.1) is 13.8 Å². The second-order valence-electron chi connectivity index (χ2n) is 9.61. The first-order chi connectivity index (χ1) is 16.0. The molecule has 178 valence electrons. The monoisotopic (exact) mass is 470 g/mol. The number of piperazine rings is 1. The number of anilines is 1. The van der Waals surface area contributed by atoms with Crippen LogP contribution in [0.4, 0.5) is 5.69 Å². The quantitative estimate of drug-likeness (QED) is 0.572. The topological polar surface area (TPSA) is 34.2 Å². The van der Waals surface area contributed by atoms with Crippen molar-refractivity contribution in [1.29, 1.82) is 0 Å². The molecule has 3 fully saturated rings. The molecule has 0 aromatic heterocycles. The second kappa shape index (κ2) is 9.73. The molecule has 0 unspecified atom stereocenters. The Labute approximate surface area is 202 Å². The summed E-state index contributed by atoms with van der Waals surface area (Å²) in [6.45, 7) is 9.10. The first-order valence-electron chi connectivity index (χ1n) is 12.2. The first-order valence-corrected chi connectivity index (χ1v) is 12.6. The Hall–Kier alpha value is -1.95. The van der Waals surface area contributed by atoms with Crippen molar-refractivity contribution in [1.82, 2.24) is 4.90 Å². The van der Waals surface area contributed by atoms with E-state index in [9.17, 15) is 0 Å². The molecule has 6 heteroatoms. The van der Waals surface area contributed by atoms with Gasteiger partial charge < -0.3 is 19.1 Å². The second-order valence-corrected chi connectivity index (χ2v) is 10.0. The van der Waals surface area contributed by atoms with E-state index >= 15 is 0 Å². The lowest BCUT2D eigenvalue weighted by Crippen LogP contribution is -2.56. The van der Waals surface area contributed by atoms with Gasteiger partial charge >= 0.3 is 0 Å². The molecule has 3 aliphatic heterocycles. The molecule has 3 saturated heterocycles. The zero-order valence-corrected chi connectivity index (χ0v) is 20.7. The highest BCUT2D eigenvalue weighted by molar-refractivity contribution is 6.32. The minimum absolute atomic E-state index is 0.188. The zero-order valence-electron chi connectivity index (χ0n) is 20.0. The van der Waals surface area contributed by atoms with Crippen LogP contribution >= 0.6 is 11.6 Å². The Balaban J connectivity index is 1.32. The highest BCUT2D eigenvalue weighted by Gasteiger charge is 2.36. The Morgan fingerprint density at radius 1 is 1.00 bits per heavy atom. The predicted molar refractivity (Wildman–Crippen MR) is 133 cm³/mol. The van der Waals surface area contributed by atoms with Crippen molar-refractivity contribution in [3.05, 3.63) is 52.0 Å². The highest BCUT2D eigenvalue weighted by Crippen LogP contribution is 2.41. The van der Waals surface area contributed by atoms with E-state index in [1.165, 1.54) is 41.6 Å². The van der Waals surface area contributed by atoms with Crippen molar-refractivity contribution in [2.45, 2.75) is 57.7 Å². The summed E-state index contributed by atoms with van der Waals surface area (Å²) in [5, 5.41) is 0.663. The average molecular weight is 471 g/mol. The summed E-state index contributed by atoms with van der Waals surface area (Å²) >= 11 is 6.25. The SMILES string of the molecule is COc1cc(N2CCN3[C@@H](CCC[C@@H]3c3ccc(O[C@@H]4CCOC4)c(C)c3C)C2)ccc1Cl. The Morgan fingerprint density at radius 2 is 1.88 bits per heavy atom. The molecule has 0 amide bonds. The first kappa shape index (κ1) is 22.8. The van der Waals surface area contributed by atoms with Gasteiger partial charge in [0, 0.05) is 49.9 Å². The molecule has 5 nitrogen and oxygen atoms in total. The number of rotatable bonds is 5. The van der Waals surface area contributed by atoms with Crippen LogP contribution in [-0.2, 0) is 4.74 Å². The fraction of sp³-hybridized carbons (Fsp3) is 0.556. The van der Waals surface area contributed by atoms with E-state index in [1.807, 2.05) is 6.07 Å². The third-order valence-electron chi connectivity index (χ3n) is 7.76. The zero-order chi connectivity index (χ0) is 22.9. The Bertz CT molecular complexity index is 992. The number of hydrogen-bond acceptors (Lipinski definition) is 5. The van der Waals surface area contributed by atoms with E-state index < -0.39 is 0 Å². The number of benzene rings is 2. The molecule has 2 aromatic rings. The molecule has 0 aliphatic carbocycles. The van der Waals surface area contributed by atoms with Crippen LogP contribution in [0.25, 0.3) is 0 Å². The lowest BCUT2D eigenvalue weighted by molar-refractivity contribution is 0.0712. The smallest absolute Gasteiger partial charge is 0.139 e. The maximum absolute atomic E-state index is 6.26. The van der Waals surface area contributed by atoms with Crippen molar-refractivity contribution < 1.29 is 14.2 Å². The van der Waals surface area contributed by atoms with E-state index in [1.54, 1.807) is 7.11 Å². The van der Waals surface area contributed by atoms with Crippen LogP contribution in [0.15, 0.2) is 30.3 Å². The molecule has 0 radical (unpaired) electrons. The maximum atomic E-state index is 6.26. The van der Waals surface area contributed by atoms with Crippen LogP contribution in [0.2, 0.25) is 5.02 Å². The van der Waals surface area contributed by atoms with E-state index in [0.29, 0.717) is 23.7 Å². The Kier molecular flexibility index (Phi) is 6.73. The molecule has 3 atom stereocenters. The standard InChI is InChI=1S/C27H35ClN2O3/c1-18-19(2)26(33-22-11-14-32-17-22)10-8-23(18)25-6-4-5-21-16-29(12-13-30(21)25)20-7-9-24(28)27(15-20)31-3/h7-10,15,21-22,25H,4-6,11-14,16-17H2,1-3H3/t21-,22+,25+/m0/s1. The number of hydrogen-bond donors (Lipinski definition) is 0. The van der Waals surface area contributed by atoms with E-state index in [-0.39, 0.29) is 6.10 Å². The van der Waals surface area contributed by atoms with Crippen LogP contribution in [0.5, 0.6) is 11.5 Å². The van der Waals surface area contributed by atoms with Gasteiger partial charge in [-0.1, -0.05) is 17.7 Å². The summed E-state index contributed by atoms with van der Waals surface area (Å²) in [4.78, 5) is 5.24. The Morgan fingerprint density at radius 3 is 2.67 bits per heavy atom. The molecular formula is C27H35ClN2O3. The van der Waals surface area contributed by atoms with Gasteiger partial charge in [-0.25, -0.2) is 0 Å². The maximum Gasteiger partial charge on any atom is 0.139 e. The number of methoxy groups -OCH3 is 1. The average Bonchev–Trinajstić information content (AvgIpc) is 3.35. The van der Waals surface area contributed by atoms with Crippen molar-refractivity contribution in [2.75, 3.05) is 44.9 Å². The number of fused-ring (bicyclic) bond motifs is 1. The van der Waals surface area contributed by atoms with Crippen molar-refractivity contribution in [3.63, 3.8) is 0 Å². The summed E-state index contributed by atoms with van der Waals surface area (Å²) in [7, 11) is 1.68. The van der Waals surface area contributed by atoms with E-state index in [4.69, 9.17) is 25.8 Å². The fourth-order valence-electron chi connectivity index (χ4n) is 5.75. The van der Waals surface area contributed by atoms with Gasteiger partial charge in [-0.3, -0.25) is 4.90 Å². The highest BCUT2D eigenvalue weighted by atomic mass is 35.5. The lowest BCUT2D eigenvalue weighted by Gasteiger charge is -2.49. The van der Waals surface area contributed by atoms with Crippen molar-refractivity contribution >= 4 is 17.3 Å². The van der Waals surface area contributed by atoms with Crippen molar-refractivity contribution in [3.8, 4) is 11.5 Å². The minimum Gasteiger partial charge on any atom is -0.495 e. The van der Waals surface area contributed by atoms with Gasteiger partial charge in [-0.2, -0.15) is 0 Å². The summed E-state index contributed by atoms with van der Waals surface area (Å²) in [5.74, 6) is 1.76. The summed E-state index contributed by atoms with van der Waals surface area (Å²) < 4.78 is 17.2. The number of piperidine rings is 1. The molecule has 5 rings (SSSR count). The molecule has 33 heavy (non-hydrogen) atoms. The molecule has 0 bridgehead atoms. The lowest BCUT2D eigenvalue weighted by atomic mass is 9.86. The predicted octanol–water partition coefficient (Wildman–Crippen LogP) is 5.55. The van der Waals surface area contributed by atoms with Gasteiger partial charge in [0.15, 0.2) is 0 Å². The largest absolute Gasteiger partial charge is 0.495 e. The minimum atomic E-state index is 0.188. The van der Waals surface area contributed by atoms with Crippen molar-refractivity contribution in [2.24, 2.45) is 0 Å².